The van der Waals surface area contributed by atoms with Gasteiger partial charge in [-0.15, -0.1) is 0 Å². The summed E-state index contributed by atoms with van der Waals surface area (Å²) >= 11 is 0. The first kappa shape index (κ1) is 16.8. The highest BCUT2D eigenvalue weighted by atomic mass is 19.1. The minimum absolute atomic E-state index is 0.165. The Kier molecular flexibility index (Phi) is 5.57. The largest absolute Gasteiger partial charge is 0.493 e. The summed E-state index contributed by atoms with van der Waals surface area (Å²) in [4.78, 5) is 12.1. The lowest BCUT2D eigenvalue weighted by molar-refractivity contribution is -0.120. The van der Waals surface area contributed by atoms with Gasteiger partial charge in [-0.25, -0.2) is 4.39 Å². The van der Waals surface area contributed by atoms with Gasteiger partial charge in [0.05, 0.1) is 20.6 Å². The van der Waals surface area contributed by atoms with E-state index in [1.807, 2.05) is 13.0 Å². The van der Waals surface area contributed by atoms with Crippen LogP contribution < -0.4 is 14.8 Å². The third-order valence-corrected chi connectivity index (χ3v) is 3.63. The lowest BCUT2D eigenvalue weighted by Gasteiger charge is -2.13. The van der Waals surface area contributed by atoms with Crippen LogP contribution >= 0.6 is 0 Å². The monoisotopic (exact) mass is 317 g/mol. The standard InChI is InChI=1S/C18H20FNO3/c1-12-8-16(22-2)17(23-3)9-14(12)10-18(21)20-11-13-6-4-5-7-15(13)19/h4-9H,10-11H2,1-3H3,(H,20,21). The maximum Gasteiger partial charge on any atom is 0.224 e. The topological polar surface area (TPSA) is 47.6 Å². The molecular weight excluding hydrogens is 297 g/mol. The highest BCUT2D eigenvalue weighted by Gasteiger charge is 2.12. The van der Waals surface area contributed by atoms with Crippen LogP contribution in [0.5, 0.6) is 11.5 Å². The van der Waals surface area contributed by atoms with Crippen molar-refractivity contribution < 1.29 is 18.7 Å². The number of carbonyl (C=O) groups excluding carboxylic acids is 1. The molecule has 4 nitrogen and oxygen atoms in total. The van der Waals surface area contributed by atoms with Gasteiger partial charge in [-0.05, 0) is 36.2 Å². The SMILES string of the molecule is COc1cc(C)c(CC(=O)NCc2ccccc2F)cc1OC. The van der Waals surface area contributed by atoms with Crippen LogP contribution in [-0.4, -0.2) is 20.1 Å². The Labute approximate surface area is 135 Å². The number of halogens is 1. The molecule has 0 aromatic heterocycles. The zero-order valence-electron chi connectivity index (χ0n) is 13.5. The molecule has 0 aliphatic heterocycles. The van der Waals surface area contributed by atoms with Crippen LogP contribution in [0.4, 0.5) is 4.39 Å². The van der Waals surface area contributed by atoms with Crippen LogP contribution in [0.3, 0.4) is 0 Å². The summed E-state index contributed by atoms with van der Waals surface area (Å²) in [5.74, 6) is 0.703. The van der Waals surface area contributed by atoms with E-state index in [2.05, 4.69) is 5.32 Å². The normalized spacial score (nSPS) is 10.3. The first-order valence-corrected chi connectivity index (χ1v) is 7.26. The van der Waals surface area contributed by atoms with Gasteiger partial charge in [-0.3, -0.25) is 4.79 Å². The van der Waals surface area contributed by atoms with E-state index in [-0.39, 0.29) is 24.7 Å². The molecule has 0 fully saturated rings. The van der Waals surface area contributed by atoms with Crippen LogP contribution in [0.1, 0.15) is 16.7 Å². The van der Waals surface area contributed by atoms with Gasteiger partial charge in [-0.1, -0.05) is 18.2 Å². The zero-order chi connectivity index (χ0) is 16.8. The fraction of sp³-hybridized carbons (Fsp3) is 0.278. The third kappa shape index (κ3) is 4.22. The molecule has 0 saturated heterocycles. The maximum absolute atomic E-state index is 13.5. The number of nitrogens with one attached hydrogen (secondary N) is 1. The molecule has 2 aromatic carbocycles. The molecule has 1 N–H and O–H groups in total. The van der Waals surface area contributed by atoms with Gasteiger partial charge in [0.1, 0.15) is 5.82 Å². The van der Waals surface area contributed by atoms with Crippen molar-refractivity contribution in [2.24, 2.45) is 0 Å². The summed E-state index contributed by atoms with van der Waals surface area (Å²) in [7, 11) is 3.12. The van der Waals surface area contributed by atoms with E-state index >= 15 is 0 Å². The number of amides is 1. The van der Waals surface area contributed by atoms with E-state index in [4.69, 9.17) is 9.47 Å². The molecule has 0 heterocycles. The van der Waals surface area contributed by atoms with Crippen molar-refractivity contribution in [3.8, 4) is 11.5 Å². The average molecular weight is 317 g/mol. The van der Waals surface area contributed by atoms with Crippen molar-refractivity contribution in [1.29, 1.82) is 0 Å². The van der Waals surface area contributed by atoms with Crippen LogP contribution in [0.2, 0.25) is 0 Å². The number of ether oxygens (including phenoxy) is 2. The molecule has 0 aliphatic rings. The molecule has 0 aliphatic carbocycles. The Morgan fingerprint density at radius 3 is 2.39 bits per heavy atom. The van der Waals surface area contributed by atoms with E-state index in [1.54, 1.807) is 38.5 Å². The predicted octanol–water partition coefficient (Wildman–Crippen LogP) is 3.01. The maximum atomic E-state index is 13.5. The van der Waals surface area contributed by atoms with Gasteiger partial charge in [0.25, 0.3) is 0 Å². The lowest BCUT2D eigenvalue weighted by atomic mass is 10.0. The van der Waals surface area contributed by atoms with E-state index < -0.39 is 0 Å². The van der Waals surface area contributed by atoms with Gasteiger partial charge in [-0.2, -0.15) is 0 Å². The van der Waals surface area contributed by atoms with E-state index in [0.717, 1.165) is 11.1 Å². The van der Waals surface area contributed by atoms with Crippen molar-refractivity contribution in [1.82, 2.24) is 5.32 Å². The number of methoxy groups -OCH3 is 2. The fourth-order valence-corrected chi connectivity index (χ4v) is 2.28. The van der Waals surface area contributed by atoms with Crippen molar-refractivity contribution in [3.05, 3.63) is 58.9 Å². The number of benzene rings is 2. The second-order valence-corrected chi connectivity index (χ2v) is 5.18. The first-order chi connectivity index (χ1) is 11.0. The number of hydrogen-bond acceptors (Lipinski definition) is 3. The third-order valence-electron chi connectivity index (χ3n) is 3.63. The number of rotatable bonds is 6. The quantitative estimate of drug-likeness (QED) is 0.891. The minimum atomic E-state index is -0.324. The molecular formula is C18H20FNO3. The molecule has 1 amide bonds. The Hall–Kier alpha value is -2.56. The first-order valence-electron chi connectivity index (χ1n) is 7.26. The molecule has 2 rings (SSSR count). The van der Waals surface area contributed by atoms with E-state index in [0.29, 0.717) is 17.1 Å². The van der Waals surface area contributed by atoms with E-state index in [9.17, 15) is 9.18 Å². The molecule has 23 heavy (non-hydrogen) atoms. The van der Waals surface area contributed by atoms with E-state index in [1.165, 1.54) is 6.07 Å². The van der Waals surface area contributed by atoms with Crippen molar-refractivity contribution in [2.45, 2.75) is 19.9 Å². The summed E-state index contributed by atoms with van der Waals surface area (Å²) in [6, 6.07) is 10.0. The Bertz CT molecular complexity index is 701. The van der Waals surface area contributed by atoms with Crippen molar-refractivity contribution in [2.75, 3.05) is 14.2 Å². The number of hydrogen-bond donors (Lipinski definition) is 1. The van der Waals surface area contributed by atoms with Gasteiger partial charge < -0.3 is 14.8 Å². The molecule has 5 heteroatoms. The number of carbonyl (C=O) groups is 1. The fourth-order valence-electron chi connectivity index (χ4n) is 2.28. The predicted molar refractivity (Wildman–Crippen MR) is 86.2 cm³/mol. The molecule has 0 radical (unpaired) electrons. The zero-order valence-corrected chi connectivity index (χ0v) is 13.5. The Balaban J connectivity index is 2.04. The summed E-state index contributed by atoms with van der Waals surface area (Å²) in [5, 5.41) is 2.73. The molecule has 0 unspecified atom stereocenters. The van der Waals surface area contributed by atoms with Gasteiger partial charge >= 0.3 is 0 Å². The summed E-state index contributed by atoms with van der Waals surface area (Å²) in [6.07, 6.45) is 0.195. The molecule has 0 spiro atoms. The van der Waals surface area contributed by atoms with Crippen LogP contribution in [0.15, 0.2) is 36.4 Å². The summed E-state index contributed by atoms with van der Waals surface area (Å²) in [5.41, 5.74) is 2.24. The van der Waals surface area contributed by atoms with Gasteiger partial charge in [0.2, 0.25) is 5.91 Å². The summed E-state index contributed by atoms with van der Waals surface area (Å²) in [6.45, 7) is 2.07. The van der Waals surface area contributed by atoms with Crippen LogP contribution in [0, 0.1) is 12.7 Å². The average Bonchev–Trinajstić information content (AvgIpc) is 2.55. The van der Waals surface area contributed by atoms with Crippen LogP contribution in [0.25, 0.3) is 0 Å². The van der Waals surface area contributed by atoms with Crippen molar-refractivity contribution in [3.63, 3.8) is 0 Å². The minimum Gasteiger partial charge on any atom is -0.493 e. The molecule has 0 atom stereocenters. The van der Waals surface area contributed by atoms with Gasteiger partial charge in [0.15, 0.2) is 11.5 Å². The molecule has 122 valence electrons. The molecule has 2 aromatic rings. The van der Waals surface area contributed by atoms with Crippen molar-refractivity contribution >= 4 is 5.91 Å². The second-order valence-electron chi connectivity index (χ2n) is 5.18. The van der Waals surface area contributed by atoms with Crippen LogP contribution in [-0.2, 0) is 17.8 Å². The van der Waals surface area contributed by atoms with Gasteiger partial charge in [0, 0.05) is 12.1 Å². The highest BCUT2D eigenvalue weighted by Crippen LogP contribution is 2.30. The highest BCUT2D eigenvalue weighted by molar-refractivity contribution is 5.79. The molecule has 0 bridgehead atoms. The Morgan fingerprint density at radius 2 is 1.74 bits per heavy atom. The number of aryl methyl sites for hydroxylation is 1. The Morgan fingerprint density at radius 1 is 1.09 bits per heavy atom. The molecule has 0 saturated carbocycles. The smallest absolute Gasteiger partial charge is 0.224 e. The second kappa shape index (κ2) is 7.63. The lowest BCUT2D eigenvalue weighted by Crippen LogP contribution is -2.25. The summed E-state index contributed by atoms with van der Waals surface area (Å²) < 4.78 is 24.0.